The zero-order valence-corrected chi connectivity index (χ0v) is 19.2. The molecule has 0 unspecified atom stereocenters. The Bertz CT molecular complexity index is 994. The number of alkyl halides is 3. The summed E-state index contributed by atoms with van der Waals surface area (Å²) in [7, 11) is 0. The number of halogens is 3. The van der Waals surface area contributed by atoms with Crippen molar-refractivity contribution in [1.29, 1.82) is 0 Å². The molecule has 2 aromatic rings. The standard InChI is InChI=1S/C23H26F3N3O3S/c1-3-15(2)32-18-6-4-5-16(13-18)21(30)28-22(33)27-19-14-17(23(24,25)26)7-8-20(19)29-9-11-31-12-10-29/h4-8,13-15H,3,9-12H2,1-2H3,(H2,27,28,30,33)/t15-/m1/s1. The SMILES string of the molecule is CC[C@@H](C)Oc1cccc(C(=O)NC(=S)Nc2cc(C(F)(F)F)ccc2N2CCOCC2)c1. The van der Waals surface area contributed by atoms with Crippen molar-refractivity contribution in [2.24, 2.45) is 0 Å². The molecule has 0 saturated carbocycles. The van der Waals surface area contributed by atoms with E-state index in [0.29, 0.717) is 43.3 Å². The smallest absolute Gasteiger partial charge is 0.416 e. The van der Waals surface area contributed by atoms with E-state index in [9.17, 15) is 18.0 Å². The largest absolute Gasteiger partial charge is 0.491 e. The first kappa shape index (κ1) is 24.8. The molecule has 0 bridgehead atoms. The molecule has 2 aromatic carbocycles. The highest BCUT2D eigenvalue weighted by atomic mass is 32.1. The number of anilines is 2. The quantitative estimate of drug-likeness (QED) is 0.576. The molecule has 1 fully saturated rings. The minimum atomic E-state index is -4.51. The summed E-state index contributed by atoms with van der Waals surface area (Å²) in [4.78, 5) is 14.6. The number of nitrogens with one attached hydrogen (secondary N) is 2. The molecule has 0 radical (unpaired) electrons. The molecule has 1 heterocycles. The maximum Gasteiger partial charge on any atom is 0.416 e. The van der Waals surface area contributed by atoms with Crippen LogP contribution in [0.15, 0.2) is 42.5 Å². The minimum absolute atomic E-state index is 0.00873. The molecular formula is C23H26F3N3O3S. The topological polar surface area (TPSA) is 62.8 Å². The van der Waals surface area contributed by atoms with Crippen LogP contribution in [0.25, 0.3) is 0 Å². The molecule has 0 aromatic heterocycles. The van der Waals surface area contributed by atoms with Gasteiger partial charge in [-0.15, -0.1) is 0 Å². The average molecular weight is 482 g/mol. The summed E-state index contributed by atoms with van der Waals surface area (Å²) in [5.41, 5.74) is 0.209. The van der Waals surface area contributed by atoms with Crippen LogP contribution in [-0.2, 0) is 10.9 Å². The molecule has 178 valence electrons. The first-order chi connectivity index (χ1) is 15.7. The highest BCUT2D eigenvalue weighted by Crippen LogP contribution is 2.35. The molecule has 33 heavy (non-hydrogen) atoms. The highest BCUT2D eigenvalue weighted by molar-refractivity contribution is 7.80. The molecule has 1 amide bonds. The van der Waals surface area contributed by atoms with Crippen molar-refractivity contribution >= 4 is 34.6 Å². The highest BCUT2D eigenvalue weighted by Gasteiger charge is 2.31. The minimum Gasteiger partial charge on any atom is -0.491 e. The van der Waals surface area contributed by atoms with Crippen LogP contribution in [0, 0.1) is 0 Å². The summed E-state index contributed by atoms with van der Waals surface area (Å²) < 4.78 is 50.9. The zero-order chi connectivity index (χ0) is 24.0. The van der Waals surface area contributed by atoms with E-state index < -0.39 is 17.6 Å². The van der Waals surface area contributed by atoms with Gasteiger partial charge in [0.25, 0.3) is 5.91 Å². The van der Waals surface area contributed by atoms with Crippen LogP contribution in [0.1, 0.15) is 36.2 Å². The van der Waals surface area contributed by atoms with Crippen molar-refractivity contribution in [3.63, 3.8) is 0 Å². The molecule has 0 spiro atoms. The molecular weight excluding hydrogens is 455 g/mol. The number of rotatable bonds is 6. The Morgan fingerprint density at radius 2 is 1.94 bits per heavy atom. The second-order valence-corrected chi connectivity index (χ2v) is 8.01. The van der Waals surface area contributed by atoms with Crippen molar-refractivity contribution in [3.8, 4) is 5.75 Å². The van der Waals surface area contributed by atoms with Crippen molar-refractivity contribution in [3.05, 3.63) is 53.6 Å². The Labute approximate surface area is 196 Å². The van der Waals surface area contributed by atoms with Gasteiger partial charge in [-0.25, -0.2) is 0 Å². The maximum absolute atomic E-state index is 13.3. The van der Waals surface area contributed by atoms with E-state index in [1.807, 2.05) is 18.7 Å². The number of amides is 1. The number of hydrogen-bond donors (Lipinski definition) is 2. The fourth-order valence-corrected chi connectivity index (χ4v) is 3.45. The molecule has 1 aliphatic rings. The molecule has 6 nitrogen and oxygen atoms in total. The van der Waals surface area contributed by atoms with E-state index in [2.05, 4.69) is 10.6 Å². The number of benzene rings is 2. The van der Waals surface area contributed by atoms with Crippen LogP contribution in [0.4, 0.5) is 24.5 Å². The van der Waals surface area contributed by atoms with Crippen LogP contribution in [0.3, 0.4) is 0 Å². The van der Waals surface area contributed by atoms with Crippen LogP contribution in [0.5, 0.6) is 5.75 Å². The summed E-state index contributed by atoms with van der Waals surface area (Å²) >= 11 is 5.23. The van der Waals surface area contributed by atoms with Crippen LogP contribution in [-0.4, -0.2) is 43.4 Å². The Balaban J connectivity index is 1.76. The number of ether oxygens (including phenoxy) is 2. The molecule has 1 saturated heterocycles. The summed E-state index contributed by atoms with van der Waals surface area (Å²) in [6.45, 7) is 5.91. The van der Waals surface area contributed by atoms with Gasteiger partial charge in [-0.1, -0.05) is 13.0 Å². The van der Waals surface area contributed by atoms with Gasteiger partial charge in [0.1, 0.15) is 5.75 Å². The maximum atomic E-state index is 13.3. The average Bonchev–Trinajstić information content (AvgIpc) is 2.79. The number of hydrogen-bond acceptors (Lipinski definition) is 5. The Kier molecular flexibility index (Phi) is 8.15. The van der Waals surface area contributed by atoms with Gasteiger partial charge in [0.15, 0.2) is 5.11 Å². The van der Waals surface area contributed by atoms with E-state index >= 15 is 0 Å². The van der Waals surface area contributed by atoms with Gasteiger partial charge in [0.2, 0.25) is 0 Å². The predicted molar refractivity (Wildman–Crippen MR) is 125 cm³/mol. The lowest BCUT2D eigenvalue weighted by Crippen LogP contribution is -2.38. The molecule has 3 rings (SSSR count). The fraction of sp³-hybridized carbons (Fsp3) is 0.391. The van der Waals surface area contributed by atoms with Crippen molar-refractivity contribution < 1.29 is 27.4 Å². The normalized spacial score (nSPS) is 15.0. The Morgan fingerprint density at radius 1 is 1.21 bits per heavy atom. The first-order valence-corrected chi connectivity index (χ1v) is 11.0. The van der Waals surface area contributed by atoms with Crippen molar-refractivity contribution in [2.45, 2.75) is 32.5 Å². The molecule has 0 aliphatic carbocycles. The van der Waals surface area contributed by atoms with Gasteiger partial charge in [-0.05, 0) is 62.0 Å². The monoisotopic (exact) mass is 481 g/mol. The third kappa shape index (κ3) is 6.82. The predicted octanol–water partition coefficient (Wildman–Crippen LogP) is 4.85. The van der Waals surface area contributed by atoms with Crippen molar-refractivity contribution in [1.82, 2.24) is 5.32 Å². The van der Waals surface area contributed by atoms with E-state index in [0.717, 1.165) is 18.6 Å². The molecule has 2 N–H and O–H groups in total. The van der Waals surface area contributed by atoms with E-state index in [1.54, 1.807) is 24.3 Å². The second kappa shape index (κ2) is 10.8. The van der Waals surface area contributed by atoms with Crippen molar-refractivity contribution in [2.75, 3.05) is 36.5 Å². The second-order valence-electron chi connectivity index (χ2n) is 7.60. The Hall–Kier alpha value is -2.85. The van der Waals surface area contributed by atoms with Gasteiger partial charge in [0.05, 0.1) is 36.3 Å². The Morgan fingerprint density at radius 3 is 2.61 bits per heavy atom. The van der Waals surface area contributed by atoms with E-state index in [4.69, 9.17) is 21.7 Å². The molecule has 1 atom stereocenters. The number of carbonyl (C=O) groups excluding carboxylic acids is 1. The summed E-state index contributed by atoms with van der Waals surface area (Å²) in [5, 5.41) is 5.18. The fourth-order valence-electron chi connectivity index (χ4n) is 3.25. The summed E-state index contributed by atoms with van der Waals surface area (Å²) in [5.74, 6) is 0.0466. The third-order valence-corrected chi connectivity index (χ3v) is 5.36. The van der Waals surface area contributed by atoms with Crippen LogP contribution in [0.2, 0.25) is 0 Å². The lowest BCUT2D eigenvalue weighted by atomic mass is 10.1. The molecule has 10 heteroatoms. The number of thiocarbonyl (C=S) groups is 1. The van der Waals surface area contributed by atoms with Crippen LogP contribution >= 0.6 is 12.2 Å². The van der Waals surface area contributed by atoms with Gasteiger partial charge >= 0.3 is 6.18 Å². The third-order valence-electron chi connectivity index (χ3n) is 5.16. The number of morpholine rings is 1. The number of carbonyl (C=O) groups is 1. The van der Waals surface area contributed by atoms with Gasteiger partial charge < -0.3 is 19.7 Å². The summed E-state index contributed by atoms with van der Waals surface area (Å²) in [6.07, 6.45) is -3.71. The zero-order valence-electron chi connectivity index (χ0n) is 18.4. The van der Waals surface area contributed by atoms with Crippen LogP contribution < -0.4 is 20.3 Å². The van der Waals surface area contributed by atoms with Gasteiger partial charge in [0, 0.05) is 18.7 Å². The van der Waals surface area contributed by atoms with E-state index in [-0.39, 0.29) is 16.9 Å². The lowest BCUT2D eigenvalue weighted by molar-refractivity contribution is -0.137. The summed E-state index contributed by atoms with van der Waals surface area (Å²) in [6, 6.07) is 10.0. The molecule has 1 aliphatic heterocycles. The lowest BCUT2D eigenvalue weighted by Gasteiger charge is -2.31. The first-order valence-electron chi connectivity index (χ1n) is 10.6. The van der Waals surface area contributed by atoms with E-state index in [1.165, 1.54) is 6.07 Å². The number of nitrogens with zero attached hydrogens (tertiary/aromatic N) is 1. The van der Waals surface area contributed by atoms with Gasteiger partial charge in [-0.3, -0.25) is 10.1 Å². The van der Waals surface area contributed by atoms with Gasteiger partial charge in [-0.2, -0.15) is 13.2 Å².